The summed E-state index contributed by atoms with van der Waals surface area (Å²) < 4.78 is 6.99. The van der Waals surface area contributed by atoms with Crippen molar-refractivity contribution in [2.75, 3.05) is 7.11 Å². The smallest absolute Gasteiger partial charge is 0.196 e. The van der Waals surface area contributed by atoms with E-state index < -0.39 is 0 Å². The Morgan fingerprint density at radius 2 is 1.75 bits per heavy atom. The number of carbonyl (C=O) groups is 1. The molecule has 0 aliphatic carbocycles. The number of hydrogen-bond acceptors (Lipinski definition) is 3. The molecule has 4 nitrogen and oxygen atoms in total. The fourth-order valence-corrected chi connectivity index (χ4v) is 3.46. The zero-order chi connectivity index (χ0) is 19.7. The molecule has 0 atom stereocenters. The van der Waals surface area contributed by atoms with Crippen molar-refractivity contribution >= 4 is 22.9 Å². The molecule has 0 bridgehead atoms. The van der Waals surface area contributed by atoms with Crippen LogP contribution >= 0.6 is 11.6 Å². The van der Waals surface area contributed by atoms with Crippen molar-refractivity contribution < 1.29 is 9.53 Å². The summed E-state index contributed by atoms with van der Waals surface area (Å²) in [7, 11) is 1.60. The van der Waals surface area contributed by atoms with Crippen molar-refractivity contribution in [1.82, 2.24) is 4.40 Å². The number of ketones is 1. The highest BCUT2D eigenvalue weighted by Crippen LogP contribution is 2.35. The van der Waals surface area contributed by atoms with Crippen molar-refractivity contribution in [2.24, 2.45) is 0 Å². The molecule has 0 N–H and O–H groups in total. The molecule has 28 heavy (non-hydrogen) atoms. The number of nitriles is 1. The fraction of sp³-hybridized carbons (Fsp3) is 0.0435. The predicted molar refractivity (Wildman–Crippen MR) is 109 cm³/mol. The molecule has 0 saturated carbocycles. The molecule has 136 valence electrons. The summed E-state index contributed by atoms with van der Waals surface area (Å²) in [6, 6.07) is 22.0. The van der Waals surface area contributed by atoms with Gasteiger partial charge in [0, 0.05) is 22.3 Å². The first kappa shape index (κ1) is 17.8. The van der Waals surface area contributed by atoms with E-state index in [1.807, 2.05) is 42.5 Å². The molecule has 4 rings (SSSR count). The van der Waals surface area contributed by atoms with Crippen molar-refractivity contribution in [3.8, 4) is 22.9 Å². The van der Waals surface area contributed by atoms with E-state index in [2.05, 4.69) is 6.07 Å². The minimum Gasteiger partial charge on any atom is -0.497 e. The zero-order valence-electron chi connectivity index (χ0n) is 15.0. The van der Waals surface area contributed by atoms with Gasteiger partial charge in [0.2, 0.25) is 0 Å². The summed E-state index contributed by atoms with van der Waals surface area (Å²) >= 11 is 5.96. The summed E-state index contributed by atoms with van der Waals surface area (Å²) in [5.74, 6) is 0.501. The second-order valence-electron chi connectivity index (χ2n) is 6.23. The standard InChI is InChI=1S/C23H15ClN2O2/c1-28-18-11-7-15(8-12-18)21-19-4-2-3-13-26(19)20(14-25)22(21)23(27)16-5-9-17(24)10-6-16/h2-13H,1H3. The van der Waals surface area contributed by atoms with Crippen LogP contribution in [0.3, 0.4) is 0 Å². The van der Waals surface area contributed by atoms with Gasteiger partial charge in [-0.2, -0.15) is 5.26 Å². The third-order valence-corrected chi connectivity index (χ3v) is 4.91. The number of ether oxygens (including phenoxy) is 1. The Morgan fingerprint density at radius 1 is 1.04 bits per heavy atom. The number of aromatic nitrogens is 1. The maximum Gasteiger partial charge on any atom is 0.196 e. The second kappa shape index (κ2) is 7.22. The molecular formula is C23H15ClN2O2. The Balaban J connectivity index is 2.02. The monoisotopic (exact) mass is 386 g/mol. The topological polar surface area (TPSA) is 54.5 Å². The van der Waals surface area contributed by atoms with Gasteiger partial charge in [0.15, 0.2) is 5.78 Å². The molecule has 0 aliphatic heterocycles. The van der Waals surface area contributed by atoms with Gasteiger partial charge in [-0.3, -0.25) is 4.79 Å². The van der Waals surface area contributed by atoms with E-state index in [1.54, 1.807) is 42.0 Å². The molecule has 0 spiro atoms. The van der Waals surface area contributed by atoms with E-state index in [0.717, 1.165) is 22.4 Å². The number of halogens is 1. The molecule has 2 aromatic heterocycles. The number of hydrogen-bond donors (Lipinski definition) is 0. The van der Waals surface area contributed by atoms with Crippen molar-refractivity contribution in [1.29, 1.82) is 5.26 Å². The highest BCUT2D eigenvalue weighted by molar-refractivity contribution is 6.30. The van der Waals surface area contributed by atoms with Crippen LogP contribution in [0, 0.1) is 11.3 Å². The summed E-state index contributed by atoms with van der Waals surface area (Å²) in [6.07, 6.45) is 1.79. The highest BCUT2D eigenvalue weighted by Gasteiger charge is 2.25. The second-order valence-corrected chi connectivity index (χ2v) is 6.67. The normalized spacial score (nSPS) is 10.6. The minimum atomic E-state index is -0.220. The Morgan fingerprint density at radius 3 is 2.39 bits per heavy atom. The van der Waals surface area contributed by atoms with Crippen LogP contribution in [0.4, 0.5) is 0 Å². The summed E-state index contributed by atoms with van der Waals surface area (Å²) in [6.45, 7) is 0. The van der Waals surface area contributed by atoms with Gasteiger partial charge < -0.3 is 9.14 Å². The summed E-state index contributed by atoms with van der Waals surface area (Å²) in [5.41, 5.74) is 3.51. The molecule has 0 saturated heterocycles. The molecule has 2 heterocycles. The van der Waals surface area contributed by atoms with Crippen molar-refractivity contribution in [3.05, 3.63) is 94.8 Å². The first-order valence-corrected chi connectivity index (χ1v) is 8.99. The number of pyridine rings is 1. The molecule has 4 aromatic rings. The third-order valence-electron chi connectivity index (χ3n) is 4.66. The first-order valence-electron chi connectivity index (χ1n) is 8.62. The molecular weight excluding hydrogens is 372 g/mol. The average Bonchev–Trinajstić information content (AvgIpc) is 3.08. The van der Waals surface area contributed by atoms with Crippen LogP contribution in [-0.4, -0.2) is 17.3 Å². The van der Waals surface area contributed by atoms with Gasteiger partial charge in [0.25, 0.3) is 0 Å². The van der Waals surface area contributed by atoms with Gasteiger partial charge in [-0.15, -0.1) is 0 Å². The van der Waals surface area contributed by atoms with Crippen LogP contribution in [0.2, 0.25) is 5.02 Å². The first-order chi connectivity index (χ1) is 13.6. The molecule has 0 radical (unpaired) electrons. The number of rotatable bonds is 4. The van der Waals surface area contributed by atoms with E-state index in [4.69, 9.17) is 16.3 Å². The van der Waals surface area contributed by atoms with Crippen molar-refractivity contribution in [3.63, 3.8) is 0 Å². The number of fused-ring (bicyclic) bond motifs is 1. The Hall–Kier alpha value is -3.55. The van der Waals surface area contributed by atoms with E-state index in [0.29, 0.717) is 21.8 Å². The lowest BCUT2D eigenvalue weighted by Crippen LogP contribution is -2.04. The van der Waals surface area contributed by atoms with Gasteiger partial charge in [0.1, 0.15) is 17.5 Å². The van der Waals surface area contributed by atoms with Crippen LogP contribution < -0.4 is 4.74 Å². The molecule has 2 aromatic carbocycles. The molecule has 5 heteroatoms. The van der Waals surface area contributed by atoms with E-state index in [-0.39, 0.29) is 5.78 Å². The molecule has 0 aliphatic rings. The van der Waals surface area contributed by atoms with Gasteiger partial charge >= 0.3 is 0 Å². The minimum absolute atomic E-state index is 0.220. The Kier molecular flexibility index (Phi) is 4.60. The Labute approximate surface area is 167 Å². The fourth-order valence-electron chi connectivity index (χ4n) is 3.34. The van der Waals surface area contributed by atoms with E-state index >= 15 is 0 Å². The van der Waals surface area contributed by atoms with Crippen LogP contribution in [0.1, 0.15) is 21.6 Å². The van der Waals surface area contributed by atoms with E-state index in [9.17, 15) is 10.1 Å². The van der Waals surface area contributed by atoms with Crippen molar-refractivity contribution in [2.45, 2.75) is 0 Å². The number of carbonyl (C=O) groups excluding carboxylic acids is 1. The maximum absolute atomic E-state index is 13.4. The SMILES string of the molecule is COc1ccc(-c2c(C(=O)c3ccc(Cl)cc3)c(C#N)n3ccccc23)cc1. The third kappa shape index (κ3) is 2.92. The lowest BCUT2D eigenvalue weighted by Gasteiger charge is -2.07. The summed E-state index contributed by atoms with van der Waals surface area (Å²) in [4.78, 5) is 13.4. The highest BCUT2D eigenvalue weighted by atomic mass is 35.5. The van der Waals surface area contributed by atoms with Crippen LogP contribution in [0.15, 0.2) is 72.9 Å². The van der Waals surface area contributed by atoms with Gasteiger partial charge in [0.05, 0.1) is 18.2 Å². The quantitative estimate of drug-likeness (QED) is 0.443. The molecule has 0 unspecified atom stereocenters. The largest absolute Gasteiger partial charge is 0.497 e. The van der Waals surface area contributed by atoms with Gasteiger partial charge in [-0.1, -0.05) is 29.8 Å². The maximum atomic E-state index is 13.4. The lowest BCUT2D eigenvalue weighted by molar-refractivity contribution is 0.103. The molecule has 0 fully saturated rings. The average molecular weight is 387 g/mol. The number of nitrogens with zero attached hydrogens (tertiary/aromatic N) is 2. The number of benzene rings is 2. The Bertz CT molecular complexity index is 1220. The van der Waals surface area contributed by atoms with Gasteiger partial charge in [-0.25, -0.2) is 0 Å². The van der Waals surface area contributed by atoms with Crippen LogP contribution in [0.5, 0.6) is 5.75 Å². The predicted octanol–water partition coefficient (Wildman–Crippen LogP) is 5.37. The zero-order valence-corrected chi connectivity index (χ0v) is 15.8. The van der Waals surface area contributed by atoms with Crippen LogP contribution in [-0.2, 0) is 0 Å². The molecule has 0 amide bonds. The number of methoxy groups -OCH3 is 1. The van der Waals surface area contributed by atoms with E-state index in [1.165, 1.54) is 0 Å². The lowest BCUT2D eigenvalue weighted by atomic mass is 9.95. The summed E-state index contributed by atoms with van der Waals surface area (Å²) in [5, 5.41) is 10.4. The van der Waals surface area contributed by atoms with Gasteiger partial charge in [-0.05, 0) is 54.1 Å². The van der Waals surface area contributed by atoms with Crippen LogP contribution in [0.25, 0.3) is 16.6 Å².